The molecule has 0 radical (unpaired) electrons. The van der Waals surface area contributed by atoms with Crippen LogP contribution in [-0.2, 0) is 0 Å². The van der Waals surface area contributed by atoms with Gasteiger partial charge >= 0.3 is 0 Å². The number of halogens is 1. The Balaban J connectivity index is 2.45. The molecule has 0 aliphatic carbocycles. The fourth-order valence-corrected chi connectivity index (χ4v) is 2.54. The van der Waals surface area contributed by atoms with E-state index in [0.29, 0.717) is 0 Å². The van der Waals surface area contributed by atoms with Crippen molar-refractivity contribution in [3.05, 3.63) is 40.7 Å². The Hall–Kier alpha value is -1.26. The molecule has 0 aliphatic rings. The Morgan fingerprint density at radius 1 is 1.44 bits per heavy atom. The molecule has 16 heavy (non-hydrogen) atoms. The molecule has 0 fully saturated rings. The summed E-state index contributed by atoms with van der Waals surface area (Å²) < 4.78 is 13.0. The Morgan fingerprint density at radius 3 is 2.75 bits per heavy atom. The lowest BCUT2D eigenvalue weighted by molar-refractivity contribution is 0.202. The van der Waals surface area contributed by atoms with E-state index in [1.165, 1.54) is 23.5 Å². The summed E-state index contributed by atoms with van der Waals surface area (Å²) in [6, 6.07) is 6.32. The van der Waals surface area contributed by atoms with Crippen molar-refractivity contribution >= 4 is 11.3 Å². The third-order valence-electron chi connectivity index (χ3n) is 2.28. The number of aliphatic hydroxyl groups is 1. The van der Waals surface area contributed by atoms with Crippen molar-refractivity contribution in [3.63, 3.8) is 0 Å². The lowest BCUT2D eigenvalue weighted by Crippen LogP contribution is -1.88. The third kappa shape index (κ3) is 2.13. The number of thiazole rings is 1. The number of hydrogen-bond donors (Lipinski definition) is 1. The molecule has 4 heteroatoms. The second-order valence-corrected chi connectivity index (χ2v) is 4.69. The molecule has 1 atom stereocenters. The van der Waals surface area contributed by atoms with E-state index in [0.717, 1.165) is 21.1 Å². The minimum Gasteiger partial charge on any atom is -0.388 e. The van der Waals surface area contributed by atoms with Crippen LogP contribution in [0.3, 0.4) is 0 Å². The molecular weight excluding hydrogens is 225 g/mol. The molecular formula is C12H12FNOS. The van der Waals surface area contributed by atoms with E-state index in [2.05, 4.69) is 4.98 Å². The van der Waals surface area contributed by atoms with Gasteiger partial charge in [-0.2, -0.15) is 0 Å². The third-order valence-corrected chi connectivity index (χ3v) is 3.66. The van der Waals surface area contributed by atoms with Gasteiger partial charge in [-0.15, -0.1) is 11.3 Å². The van der Waals surface area contributed by atoms with Gasteiger partial charge < -0.3 is 5.11 Å². The van der Waals surface area contributed by atoms with E-state index in [9.17, 15) is 9.50 Å². The topological polar surface area (TPSA) is 33.1 Å². The van der Waals surface area contributed by atoms with Gasteiger partial charge in [-0.3, -0.25) is 0 Å². The molecule has 0 bridgehead atoms. The number of rotatable bonds is 2. The predicted octanol–water partition coefficient (Wildman–Crippen LogP) is 3.31. The number of aliphatic hydroxyl groups excluding tert-OH is 1. The smallest absolute Gasteiger partial charge is 0.124 e. The number of hydrogen-bond acceptors (Lipinski definition) is 3. The minimum absolute atomic E-state index is 0.274. The molecule has 84 valence electrons. The van der Waals surface area contributed by atoms with Gasteiger partial charge in [-0.05, 0) is 26.0 Å². The molecule has 1 aromatic carbocycles. The summed E-state index contributed by atoms with van der Waals surface area (Å²) in [5, 5.41) is 10.3. The van der Waals surface area contributed by atoms with Crippen LogP contribution < -0.4 is 0 Å². The number of aryl methyl sites for hydroxylation is 1. The van der Waals surface area contributed by atoms with Gasteiger partial charge in [0.2, 0.25) is 0 Å². The molecule has 0 spiro atoms. The highest BCUT2D eigenvalue weighted by molar-refractivity contribution is 7.15. The largest absolute Gasteiger partial charge is 0.388 e. The Bertz CT molecular complexity index is 507. The zero-order valence-electron chi connectivity index (χ0n) is 9.07. The van der Waals surface area contributed by atoms with Crippen molar-refractivity contribution in [2.45, 2.75) is 20.0 Å². The summed E-state index contributed by atoms with van der Waals surface area (Å²) in [4.78, 5) is 5.17. The number of benzene rings is 1. The van der Waals surface area contributed by atoms with E-state index in [-0.39, 0.29) is 5.82 Å². The van der Waals surface area contributed by atoms with Crippen LogP contribution in [0.25, 0.3) is 10.6 Å². The molecule has 2 rings (SSSR count). The maximum Gasteiger partial charge on any atom is 0.124 e. The van der Waals surface area contributed by atoms with Crippen molar-refractivity contribution in [1.82, 2.24) is 4.98 Å². The molecule has 0 saturated heterocycles. The average Bonchev–Trinajstić information content (AvgIpc) is 2.60. The minimum atomic E-state index is -0.528. The van der Waals surface area contributed by atoms with E-state index in [1.807, 2.05) is 13.0 Å². The van der Waals surface area contributed by atoms with Crippen LogP contribution in [-0.4, -0.2) is 10.1 Å². The van der Waals surface area contributed by atoms with Gasteiger partial charge in [0.15, 0.2) is 0 Å². The molecule has 0 saturated carbocycles. The van der Waals surface area contributed by atoms with Crippen LogP contribution in [0, 0.1) is 12.7 Å². The molecule has 0 amide bonds. The zero-order chi connectivity index (χ0) is 11.7. The van der Waals surface area contributed by atoms with Gasteiger partial charge in [-0.25, -0.2) is 9.37 Å². The first-order valence-corrected chi connectivity index (χ1v) is 5.81. The SMILES string of the molecule is Cc1nc(-c2cccc(F)c2)sc1C(C)O. The highest BCUT2D eigenvalue weighted by atomic mass is 32.1. The summed E-state index contributed by atoms with van der Waals surface area (Å²) in [6.07, 6.45) is -0.528. The van der Waals surface area contributed by atoms with E-state index in [1.54, 1.807) is 13.0 Å². The van der Waals surface area contributed by atoms with Gasteiger partial charge in [0.1, 0.15) is 10.8 Å². The standard InChI is InChI=1S/C12H12FNOS/c1-7-11(8(2)15)16-12(14-7)9-4-3-5-10(13)6-9/h3-6,8,15H,1-2H3. The van der Waals surface area contributed by atoms with Crippen molar-refractivity contribution in [2.75, 3.05) is 0 Å². The second-order valence-electron chi connectivity index (χ2n) is 3.65. The summed E-state index contributed by atoms with van der Waals surface area (Å²) in [7, 11) is 0. The number of nitrogens with zero attached hydrogens (tertiary/aromatic N) is 1. The normalized spacial score (nSPS) is 12.8. The van der Waals surface area contributed by atoms with E-state index < -0.39 is 6.10 Å². The highest BCUT2D eigenvalue weighted by Gasteiger charge is 2.13. The van der Waals surface area contributed by atoms with Crippen LogP contribution in [0.1, 0.15) is 23.6 Å². The number of aromatic nitrogens is 1. The van der Waals surface area contributed by atoms with E-state index in [4.69, 9.17) is 0 Å². The van der Waals surface area contributed by atoms with Gasteiger partial charge in [-0.1, -0.05) is 12.1 Å². The molecule has 1 N–H and O–H groups in total. The second kappa shape index (κ2) is 4.31. The molecule has 2 nitrogen and oxygen atoms in total. The molecule has 2 aromatic rings. The van der Waals surface area contributed by atoms with Gasteiger partial charge in [0.25, 0.3) is 0 Å². The lowest BCUT2D eigenvalue weighted by Gasteiger charge is -1.98. The Morgan fingerprint density at radius 2 is 2.19 bits per heavy atom. The van der Waals surface area contributed by atoms with Crippen molar-refractivity contribution in [2.24, 2.45) is 0 Å². The van der Waals surface area contributed by atoms with Crippen molar-refractivity contribution in [3.8, 4) is 10.6 Å². The van der Waals surface area contributed by atoms with Crippen LogP contribution in [0.2, 0.25) is 0 Å². The van der Waals surface area contributed by atoms with Crippen molar-refractivity contribution < 1.29 is 9.50 Å². The maximum absolute atomic E-state index is 13.0. The zero-order valence-corrected chi connectivity index (χ0v) is 9.88. The average molecular weight is 237 g/mol. The fraction of sp³-hybridized carbons (Fsp3) is 0.250. The van der Waals surface area contributed by atoms with Gasteiger partial charge in [0.05, 0.1) is 16.7 Å². The lowest BCUT2D eigenvalue weighted by atomic mass is 10.2. The molecule has 1 aromatic heterocycles. The van der Waals surface area contributed by atoms with Crippen LogP contribution in [0.15, 0.2) is 24.3 Å². The molecule has 0 aliphatic heterocycles. The Labute approximate surface area is 97.4 Å². The highest BCUT2D eigenvalue weighted by Crippen LogP contribution is 2.31. The first-order chi connectivity index (χ1) is 7.58. The van der Waals surface area contributed by atoms with E-state index >= 15 is 0 Å². The maximum atomic E-state index is 13.0. The van der Waals surface area contributed by atoms with Crippen molar-refractivity contribution in [1.29, 1.82) is 0 Å². The fourth-order valence-electron chi connectivity index (χ4n) is 1.54. The summed E-state index contributed by atoms with van der Waals surface area (Å²) in [5.41, 5.74) is 1.55. The summed E-state index contributed by atoms with van der Waals surface area (Å²) in [5.74, 6) is -0.274. The molecule has 1 unspecified atom stereocenters. The van der Waals surface area contributed by atoms with Crippen LogP contribution >= 0.6 is 11.3 Å². The monoisotopic (exact) mass is 237 g/mol. The first-order valence-electron chi connectivity index (χ1n) is 4.99. The van der Waals surface area contributed by atoms with Gasteiger partial charge in [0, 0.05) is 5.56 Å². The predicted molar refractivity (Wildman–Crippen MR) is 62.9 cm³/mol. The molecule has 1 heterocycles. The first kappa shape index (κ1) is 11.2. The summed E-state index contributed by atoms with van der Waals surface area (Å²) >= 11 is 1.40. The van der Waals surface area contributed by atoms with Crippen LogP contribution in [0.5, 0.6) is 0 Å². The van der Waals surface area contributed by atoms with Crippen LogP contribution in [0.4, 0.5) is 4.39 Å². The Kier molecular flexibility index (Phi) is 3.03. The quantitative estimate of drug-likeness (QED) is 0.869. The summed E-state index contributed by atoms with van der Waals surface area (Å²) in [6.45, 7) is 3.55.